The molecule has 4 aromatic rings. The molecule has 1 unspecified atom stereocenters. The topological polar surface area (TPSA) is 193 Å². The summed E-state index contributed by atoms with van der Waals surface area (Å²) in [6.45, 7) is 5.31. The SMILES string of the molecule is C[C@@H](OCc1ccc(CCCOCCCCCCCOCCCc2ccc3c(c2)n(C)c(=O)n3C2CCC(=O)NC2=O)cc1)[C@H](CCC(N)=O)NCC(=O)[C@@H]1Cc2cccc3c2N1C(=O)CCC3. The number of anilines is 1. The molecule has 15 heteroatoms. The predicted molar refractivity (Wildman–Crippen MR) is 260 cm³/mol. The van der Waals surface area contributed by atoms with Crippen molar-refractivity contribution < 1.29 is 38.2 Å². The minimum atomic E-state index is -0.683. The van der Waals surface area contributed by atoms with Gasteiger partial charge in [0.2, 0.25) is 23.6 Å². The first kappa shape index (κ1) is 50.4. The number of aryl methyl sites for hydroxylation is 4. The van der Waals surface area contributed by atoms with Gasteiger partial charge in [-0.2, -0.15) is 0 Å². The lowest BCUT2D eigenvalue weighted by Gasteiger charge is -2.28. The number of aromatic nitrogens is 2. The molecule has 15 nitrogen and oxygen atoms in total. The lowest BCUT2D eigenvalue weighted by Crippen LogP contribution is -2.49. The zero-order chi connectivity index (χ0) is 48.0. The molecule has 4 amide bonds. The number of fused-ring (bicyclic) bond motifs is 1. The van der Waals surface area contributed by atoms with Crippen molar-refractivity contribution >= 4 is 46.1 Å². The number of benzene rings is 3. The maximum atomic E-state index is 13.6. The van der Waals surface area contributed by atoms with Gasteiger partial charge in [0, 0.05) is 65.2 Å². The van der Waals surface area contributed by atoms with Crippen LogP contribution in [-0.2, 0) is 77.5 Å². The first-order chi connectivity index (χ1) is 33.0. The summed E-state index contributed by atoms with van der Waals surface area (Å²) in [6, 6.07) is 18.9. The van der Waals surface area contributed by atoms with Gasteiger partial charge in [-0.3, -0.25) is 38.4 Å². The number of Topliss-reactive ketones (excluding diaryl/α,β-unsaturated/α-hetero) is 1. The van der Waals surface area contributed by atoms with Crippen LogP contribution < -0.4 is 27.0 Å². The minimum Gasteiger partial charge on any atom is -0.381 e. The molecule has 7 rings (SSSR count). The Labute approximate surface area is 399 Å². The molecule has 1 fully saturated rings. The highest BCUT2D eigenvalue weighted by Gasteiger charge is 2.40. The van der Waals surface area contributed by atoms with Crippen LogP contribution in [0.15, 0.2) is 65.5 Å². The Balaban J connectivity index is 0.708. The highest BCUT2D eigenvalue weighted by atomic mass is 16.5. The molecule has 3 aliphatic heterocycles. The van der Waals surface area contributed by atoms with Crippen LogP contribution in [0.1, 0.15) is 124 Å². The quantitative estimate of drug-likeness (QED) is 0.0459. The van der Waals surface area contributed by atoms with Gasteiger partial charge >= 0.3 is 5.69 Å². The Morgan fingerprint density at radius 1 is 0.794 bits per heavy atom. The summed E-state index contributed by atoms with van der Waals surface area (Å²) in [5, 5.41) is 5.71. The molecular formula is C53H70N6O9. The van der Waals surface area contributed by atoms with Gasteiger partial charge in [0.1, 0.15) is 12.1 Å². The first-order valence-corrected chi connectivity index (χ1v) is 24.8. The number of primary amides is 1. The second-order valence-electron chi connectivity index (χ2n) is 18.8. The predicted octanol–water partition coefficient (Wildman–Crippen LogP) is 5.86. The normalized spacial score (nSPS) is 17.9. The largest absolute Gasteiger partial charge is 0.381 e. The van der Waals surface area contributed by atoms with Gasteiger partial charge < -0.3 is 30.2 Å². The summed E-state index contributed by atoms with van der Waals surface area (Å²) in [6.07, 6.45) is 12.5. The third-order valence-electron chi connectivity index (χ3n) is 13.7. The van der Waals surface area contributed by atoms with Crippen molar-refractivity contribution in [3.63, 3.8) is 0 Å². The highest BCUT2D eigenvalue weighted by Crippen LogP contribution is 2.39. The Morgan fingerprint density at radius 3 is 2.18 bits per heavy atom. The molecule has 0 saturated carbocycles. The fourth-order valence-corrected chi connectivity index (χ4v) is 9.87. The molecule has 3 aromatic carbocycles. The van der Waals surface area contributed by atoms with E-state index < -0.39 is 23.9 Å². The number of carbonyl (C=O) groups is 5. The lowest BCUT2D eigenvalue weighted by atomic mass is 10.0. The lowest BCUT2D eigenvalue weighted by molar-refractivity contribution is -0.135. The number of imide groups is 1. The maximum Gasteiger partial charge on any atom is 0.329 e. The van der Waals surface area contributed by atoms with E-state index in [1.807, 2.05) is 37.3 Å². The van der Waals surface area contributed by atoms with Gasteiger partial charge in [-0.1, -0.05) is 67.8 Å². The molecule has 366 valence electrons. The number of unbranched alkanes of at least 4 members (excludes halogenated alkanes) is 4. The van der Waals surface area contributed by atoms with Crippen LogP contribution >= 0.6 is 0 Å². The van der Waals surface area contributed by atoms with E-state index in [0.29, 0.717) is 44.4 Å². The number of piperidine rings is 1. The van der Waals surface area contributed by atoms with Gasteiger partial charge in [0.15, 0.2) is 5.78 Å². The van der Waals surface area contributed by atoms with Crippen LogP contribution in [0.3, 0.4) is 0 Å². The Hall–Kier alpha value is -5.48. The maximum absolute atomic E-state index is 13.6. The summed E-state index contributed by atoms with van der Waals surface area (Å²) in [5.74, 6) is -1.18. The minimum absolute atomic E-state index is 0.00493. The van der Waals surface area contributed by atoms with E-state index in [9.17, 15) is 28.8 Å². The fourth-order valence-electron chi connectivity index (χ4n) is 9.87. The van der Waals surface area contributed by atoms with Crippen molar-refractivity contribution in [2.45, 2.75) is 147 Å². The van der Waals surface area contributed by atoms with Gasteiger partial charge in [-0.25, -0.2) is 4.79 Å². The van der Waals surface area contributed by atoms with Crippen molar-refractivity contribution in [2.24, 2.45) is 12.8 Å². The van der Waals surface area contributed by atoms with Gasteiger partial charge in [-0.05, 0) is 111 Å². The molecule has 4 atom stereocenters. The van der Waals surface area contributed by atoms with E-state index in [2.05, 4.69) is 41.0 Å². The molecule has 3 aliphatic rings. The number of nitrogens with zero attached hydrogens (tertiary/aromatic N) is 3. The molecule has 4 N–H and O–H groups in total. The van der Waals surface area contributed by atoms with Crippen molar-refractivity contribution in [3.8, 4) is 0 Å². The number of nitrogens with two attached hydrogens (primary N) is 1. The van der Waals surface area contributed by atoms with E-state index in [1.54, 1.807) is 16.5 Å². The van der Waals surface area contributed by atoms with E-state index in [0.717, 1.165) is 124 Å². The third kappa shape index (κ3) is 13.2. The zero-order valence-electron chi connectivity index (χ0n) is 39.9. The van der Waals surface area contributed by atoms with Crippen LogP contribution in [0, 0.1) is 0 Å². The number of para-hydroxylation sites is 1. The number of hydrogen-bond donors (Lipinski definition) is 3. The average molecular weight is 935 g/mol. The number of imidazole rings is 1. The Morgan fingerprint density at radius 2 is 1.46 bits per heavy atom. The Kier molecular flexibility index (Phi) is 18.3. The summed E-state index contributed by atoms with van der Waals surface area (Å²) in [4.78, 5) is 77.3. The molecule has 1 saturated heterocycles. The number of hydrogen-bond acceptors (Lipinski definition) is 10. The van der Waals surface area contributed by atoms with Crippen molar-refractivity contribution in [2.75, 3.05) is 37.9 Å². The van der Waals surface area contributed by atoms with Crippen LogP contribution in [-0.4, -0.2) is 89.7 Å². The van der Waals surface area contributed by atoms with Crippen LogP contribution in [0.4, 0.5) is 5.69 Å². The molecule has 0 bridgehead atoms. The number of rotatable bonds is 28. The van der Waals surface area contributed by atoms with Gasteiger partial charge in [-0.15, -0.1) is 0 Å². The van der Waals surface area contributed by atoms with Gasteiger partial charge in [0.25, 0.3) is 0 Å². The molecule has 0 aliphatic carbocycles. The van der Waals surface area contributed by atoms with Gasteiger partial charge in [0.05, 0.1) is 36.0 Å². The highest BCUT2D eigenvalue weighted by molar-refractivity contribution is 6.05. The summed E-state index contributed by atoms with van der Waals surface area (Å²) in [7, 11) is 1.71. The molecule has 0 spiro atoms. The number of ketones is 1. The number of amides is 4. The van der Waals surface area contributed by atoms with E-state index in [-0.39, 0.29) is 54.8 Å². The third-order valence-corrected chi connectivity index (χ3v) is 13.7. The summed E-state index contributed by atoms with van der Waals surface area (Å²) in [5.41, 5.74) is 13.2. The molecule has 0 radical (unpaired) electrons. The molecule has 4 heterocycles. The molecule has 68 heavy (non-hydrogen) atoms. The van der Waals surface area contributed by atoms with Crippen molar-refractivity contribution in [1.29, 1.82) is 0 Å². The fraction of sp³-hybridized carbons (Fsp3) is 0.547. The zero-order valence-corrected chi connectivity index (χ0v) is 39.9. The van der Waals surface area contributed by atoms with Crippen molar-refractivity contribution in [1.82, 2.24) is 19.8 Å². The number of ether oxygens (including phenoxy) is 3. The second-order valence-corrected chi connectivity index (χ2v) is 18.8. The first-order valence-electron chi connectivity index (χ1n) is 24.8. The average Bonchev–Trinajstić information content (AvgIpc) is 3.77. The standard InChI is InChI=1S/C53H70N6O9/c1-36(42(23-26-48(54)61)55-34-47(60)46-33-41-16-8-14-40-15-9-17-50(63)59(46)51(40)41)68-35-39-20-18-37(19-21-39)12-10-30-66-28-6-4-3-5-7-29-67-31-11-13-38-22-24-43-45(32-38)57(2)53(65)58(43)44-25-27-49(62)56-52(44)64/h8,14,16,18-22,24,32,36,42,44,46,55H,3-7,9-13,15,17,23,25-31,33-35H2,1-2H3,(H2,54,61)(H,56,62,64)/t36-,42+,44?,46+/m1/s1. The Bertz CT molecular complexity index is 2440. The summed E-state index contributed by atoms with van der Waals surface area (Å²) < 4.78 is 21.2. The van der Waals surface area contributed by atoms with Crippen molar-refractivity contribution in [3.05, 3.63) is 99.0 Å². The summed E-state index contributed by atoms with van der Waals surface area (Å²) >= 11 is 0. The van der Waals surface area contributed by atoms with E-state index in [1.165, 1.54) is 10.1 Å². The monoisotopic (exact) mass is 935 g/mol. The molecule has 1 aromatic heterocycles. The number of carbonyl (C=O) groups excluding carboxylic acids is 5. The van der Waals surface area contributed by atoms with E-state index >= 15 is 0 Å². The smallest absolute Gasteiger partial charge is 0.329 e. The van der Waals surface area contributed by atoms with Crippen LogP contribution in [0.5, 0.6) is 0 Å². The number of nitrogens with one attached hydrogen (secondary N) is 2. The van der Waals surface area contributed by atoms with E-state index in [4.69, 9.17) is 19.9 Å². The second kappa shape index (κ2) is 24.7. The van der Waals surface area contributed by atoms with Crippen LogP contribution in [0.2, 0.25) is 0 Å². The molecular weight excluding hydrogens is 865 g/mol. The van der Waals surface area contributed by atoms with Crippen LogP contribution in [0.25, 0.3) is 11.0 Å².